The van der Waals surface area contributed by atoms with Crippen LogP contribution in [0, 0.1) is 0 Å². The molecule has 1 aromatic rings. The molecule has 0 saturated heterocycles. The Balaban J connectivity index is 2.66. The van der Waals surface area contributed by atoms with E-state index in [1.165, 1.54) is 0 Å². The third-order valence-electron chi connectivity index (χ3n) is 2.90. The van der Waals surface area contributed by atoms with Gasteiger partial charge in [0, 0.05) is 5.54 Å². The minimum Gasteiger partial charge on any atom is -0.444 e. The molecular weight excluding hydrogens is 320 g/mol. The Kier molecular flexibility index (Phi) is 7.42. The number of alkyl carbamates (subject to hydrolysis) is 1. The second-order valence-corrected chi connectivity index (χ2v) is 7.94. The largest absolute Gasteiger partial charge is 0.444 e. The molecule has 2 N–H and O–H groups in total. The molecule has 0 radical (unpaired) electrons. The fraction of sp³-hybridized carbons (Fsp3) is 0.579. The molecular formula is C19H30N2O4. The monoisotopic (exact) mass is 350 g/mol. The Hall–Kier alpha value is -2.08. The lowest BCUT2D eigenvalue weighted by Crippen LogP contribution is -2.54. The van der Waals surface area contributed by atoms with Gasteiger partial charge >= 0.3 is 6.09 Å². The fourth-order valence-corrected chi connectivity index (χ4v) is 1.96. The Morgan fingerprint density at radius 3 is 2.16 bits per heavy atom. The van der Waals surface area contributed by atoms with E-state index < -0.39 is 23.3 Å². The predicted octanol–water partition coefficient (Wildman–Crippen LogP) is 3.01. The normalized spacial score (nSPS) is 13.0. The van der Waals surface area contributed by atoms with Crippen LogP contribution >= 0.6 is 0 Å². The van der Waals surface area contributed by atoms with Gasteiger partial charge in [-0.3, -0.25) is 4.79 Å². The number of hydrogen-bond acceptors (Lipinski definition) is 4. The molecule has 0 fully saturated rings. The molecule has 0 unspecified atom stereocenters. The lowest BCUT2D eigenvalue weighted by atomic mass is 10.1. The summed E-state index contributed by atoms with van der Waals surface area (Å²) < 4.78 is 10.8. The molecule has 0 aliphatic rings. The third kappa shape index (κ3) is 9.72. The maximum absolute atomic E-state index is 12.4. The Labute approximate surface area is 150 Å². The quantitative estimate of drug-likeness (QED) is 0.827. The van der Waals surface area contributed by atoms with Gasteiger partial charge in [-0.15, -0.1) is 0 Å². The van der Waals surface area contributed by atoms with Gasteiger partial charge in [0.1, 0.15) is 11.6 Å². The number of nitrogens with one attached hydrogen (secondary N) is 2. The molecule has 6 nitrogen and oxygen atoms in total. The number of hydrogen-bond donors (Lipinski definition) is 2. The van der Waals surface area contributed by atoms with Gasteiger partial charge in [0.2, 0.25) is 5.91 Å². The van der Waals surface area contributed by atoms with Crippen molar-refractivity contribution < 1.29 is 19.1 Å². The maximum Gasteiger partial charge on any atom is 0.408 e. The van der Waals surface area contributed by atoms with Crippen molar-refractivity contribution in [1.82, 2.24) is 10.6 Å². The van der Waals surface area contributed by atoms with Gasteiger partial charge in [0.05, 0.1) is 13.2 Å². The van der Waals surface area contributed by atoms with Crippen molar-refractivity contribution in [3.05, 3.63) is 35.9 Å². The van der Waals surface area contributed by atoms with Crippen LogP contribution in [0.2, 0.25) is 0 Å². The van der Waals surface area contributed by atoms with E-state index in [-0.39, 0.29) is 12.5 Å². The van der Waals surface area contributed by atoms with Crippen molar-refractivity contribution in [3.8, 4) is 0 Å². The molecule has 0 aliphatic carbocycles. The molecule has 2 amide bonds. The van der Waals surface area contributed by atoms with Gasteiger partial charge in [-0.2, -0.15) is 0 Å². The molecule has 0 bridgehead atoms. The SMILES string of the molecule is CC(C)(C)NC(=O)[C@H](COCc1ccccc1)NC(=O)OC(C)(C)C. The summed E-state index contributed by atoms with van der Waals surface area (Å²) >= 11 is 0. The van der Waals surface area contributed by atoms with Crippen LogP contribution < -0.4 is 10.6 Å². The van der Waals surface area contributed by atoms with E-state index >= 15 is 0 Å². The zero-order valence-corrected chi connectivity index (χ0v) is 16.0. The second kappa shape index (κ2) is 8.85. The van der Waals surface area contributed by atoms with E-state index in [1.807, 2.05) is 51.1 Å². The minimum atomic E-state index is -0.835. The summed E-state index contributed by atoms with van der Waals surface area (Å²) in [6.07, 6.45) is -0.648. The van der Waals surface area contributed by atoms with E-state index in [0.29, 0.717) is 6.61 Å². The smallest absolute Gasteiger partial charge is 0.408 e. The zero-order valence-electron chi connectivity index (χ0n) is 16.0. The number of ether oxygens (including phenoxy) is 2. The minimum absolute atomic E-state index is 0.0516. The summed E-state index contributed by atoms with van der Waals surface area (Å²) in [4.78, 5) is 24.4. The molecule has 0 heterocycles. The Morgan fingerprint density at radius 2 is 1.64 bits per heavy atom. The third-order valence-corrected chi connectivity index (χ3v) is 2.90. The van der Waals surface area contributed by atoms with Crippen molar-refractivity contribution in [2.45, 2.75) is 65.3 Å². The van der Waals surface area contributed by atoms with Crippen LogP contribution in [0.3, 0.4) is 0 Å². The van der Waals surface area contributed by atoms with Crippen molar-refractivity contribution in [2.24, 2.45) is 0 Å². The topological polar surface area (TPSA) is 76.7 Å². The highest BCUT2D eigenvalue weighted by atomic mass is 16.6. The Morgan fingerprint density at radius 1 is 1.04 bits per heavy atom. The lowest BCUT2D eigenvalue weighted by molar-refractivity contribution is -0.126. The van der Waals surface area contributed by atoms with Crippen LogP contribution in [-0.2, 0) is 20.9 Å². The maximum atomic E-state index is 12.4. The molecule has 6 heteroatoms. The molecule has 0 aromatic heterocycles. The Bertz CT molecular complexity index is 559. The van der Waals surface area contributed by atoms with Crippen molar-refractivity contribution in [1.29, 1.82) is 0 Å². The molecule has 1 rings (SSSR count). The first-order valence-corrected chi connectivity index (χ1v) is 8.39. The number of carbonyl (C=O) groups excluding carboxylic acids is 2. The van der Waals surface area contributed by atoms with Crippen molar-refractivity contribution in [2.75, 3.05) is 6.61 Å². The average Bonchev–Trinajstić information content (AvgIpc) is 2.43. The van der Waals surface area contributed by atoms with Gasteiger partial charge in [-0.25, -0.2) is 4.79 Å². The number of rotatable bonds is 6. The number of carbonyl (C=O) groups is 2. The molecule has 140 valence electrons. The first kappa shape index (κ1) is 21.0. The van der Waals surface area contributed by atoms with Crippen LogP contribution in [0.1, 0.15) is 47.1 Å². The molecule has 1 aromatic carbocycles. The van der Waals surface area contributed by atoms with Crippen molar-refractivity contribution >= 4 is 12.0 Å². The summed E-state index contributed by atoms with van der Waals surface area (Å²) in [5, 5.41) is 5.43. The number of benzene rings is 1. The first-order valence-electron chi connectivity index (χ1n) is 8.39. The van der Waals surface area contributed by atoms with Gasteiger partial charge in [-0.1, -0.05) is 30.3 Å². The van der Waals surface area contributed by atoms with Gasteiger partial charge in [0.15, 0.2) is 0 Å². The van der Waals surface area contributed by atoms with Crippen LogP contribution in [0.25, 0.3) is 0 Å². The van der Waals surface area contributed by atoms with Crippen LogP contribution in [-0.4, -0.2) is 35.8 Å². The molecule has 0 saturated carbocycles. The first-order chi connectivity index (χ1) is 11.5. The predicted molar refractivity (Wildman–Crippen MR) is 97.2 cm³/mol. The molecule has 25 heavy (non-hydrogen) atoms. The standard InChI is InChI=1S/C19H30N2O4/c1-18(2,3)21-16(22)15(20-17(23)25-19(4,5)6)13-24-12-14-10-8-7-9-11-14/h7-11,15H,12-13H2,1-6H3,(H,20,23)(H,21,22)/t15-/m0/s1. The van der Waals surface area contributed by atoms with Gasteiger partial charge < -0.3 is 20.1 Å². The van der Waals surface area contributed by atoms with Crippen LogP contribution in [0.4, 0.5) is 4.79 Å². The van der Waals surface area contributed by atoms with E-state index in [1.54, 1.807) is 20.8 Å². The second-order valence-electron chi connectivity index (χ2n) is 7.94. The molecule has 1 atom stereocenters. The summed E-state index contributed by atoms with van der Waals surface area (Å²) in [7, 11) is 0. The number of amides is 2. The van der Waals surface area contributed by atoms with E-state index in [4.69, 9.17) is 9.47 Å². The van der Waals surface area contributed by atoms with E-state index in [9.17, 15) is 9.59 Å². The average molecular weight is 350 g/mol. The van der Waals surface area contributed by atoms with Crippen molar-refractivity contribution in [3.63, 3.8) is 0 Å². The highest BCUT2D eigenvalue weighted by Crippen LogP contribution is 2.08. The van der Waals surface area contributed by atoms with E-state index in [2.05, 4.69) is 10.6 Å². The van der Waals surface area contributed by atoms with Gasteiger partial charge in [-0.05, 0) is 47.1 Å². The summed E-state index contributed by atoms with van der Waals surface area (Å²) in [5.41, 5.74) is -0.0560. The zero-order chi connectivity index (χ0) is 19.1. The molecule has 0 spiro atoms. The fourth-order valence-electron chi connectivity index (χ4n) is 1.96. The van der Waals surface area contributed by atoms with Crippen LogP contribution in [0.5, 0.6) is 0 Å². The lowest BCUT2D eigenvalue weighted by Gasteiger charge is -2.27. The summed E-state index contributed by atoms with van der Waals surface area (Å²) in [5.74, 6) is -0.313. The van der Waals surface area contributed by atoms with E-state index in [0.717, 1.165) is 5.56 Å². The molecule has 0 aliphatic heterocycles. The summed E-state index contributed by atoms with van der Waals surface area (Å²) in [6, 6.07) is 8.80. The highest BCUT2D eigenvalue weighted by molar-refractivity contribution is 5.86. The van der Waals surface area contributed by atoms with Gasteiger partial charge in [0.25, 0.3) is 0 Å². The van der Waals surface area contributed by atoms with Crippen LogP contribution in [0.15, 0.2) is 30.3 Å². The summed E-state index contributed by atoms with van der Waals surface area (Å²) in [6.45, 7) is 11.3. The highest BCUT2D eigenvalue weighted by Gasteiger charge is 2.27.